The van der Waals surface area contributed by atoms with Crippen LogP contribution in [0.4, 0.5) is 5.82 Å². The summed E-state index contributed by atoms with van der Waals surface area (Å²) in [4.78, 5) is 17.6. The first-order chi connectivity index (χ1) is 6.93. The highest BCUT2D eigenvalue weighted by atomic mass is 16.3. The molecular formula is C9H15N3O3. The molecule has 1 aromatic heterocycles. The van der Waals surface area contributed by atoms with Gasteiger partial charge in [0.2, 0.25) is 0 Å². The molecular weight excluding hydrogens is 198 g/mol. The molecule has 0 fully saturated rings. The van der Waals surface area contributed by atoms with E-state index in [1.807, 2.05) is 0 Å². The molecule has 1 rings (SSSR count). The third kappa shape index (κ3) is 3.69. The smallest absolute Gasteiger partial charge is 0.252 e. The monoisotopic (exact) mass is 213 g/mol. The summed E-state index contributed by atoms with van der Waals surface area (Å²) in [5.41, 5.74) is -1.48. The first kappa shape index (κ1) is 11.7. The number of aryl methyl sites for hydroxylation is 1. The lowest BCUT2D eigenvalue weighted by atomic mass is 10.1. The summed E-state index contributed by atoms with van der Waals surface area (Å²) in [6, 6.07) is 1.29. The number of nitrogens with zero attached hydrogens (tertiary/aromatic N) is 1. The lowest BCUT2D eigenvalue weighted by molar-refractivity contribution is 0.0131. The van der Waals surface area contributed by atoms with Crippen LogP contribution in [0.15, 0.2) is 10.9 Å². The van der Waals surface area contributed by atoms with E-state index < -0.39 is 5.60 Å². The molecule has 15 heavy (non-hydrogen) atoms. The van der Waals surface area contributed by atoms with Gasteiger partial charge < -0.3 is 20.5 Å². The number of nitrogens with one attached hydrogen (secondary N) is 2. The standard InChI is InChI=1S/C9H15N3O3/c1-6-11-7(3-8(14)12-6)10-4-9(2,15)5-13/h3,13,15H,4-5H2,1-2H3,(H2,10,11,12,14). The molecule has 1 unspecified atom stereocenters. The zero-order chi connectivity index (χ0) is 11.5. The Morgan fingerprint density at radius 3 is 2.87 bits per heavy atom. The Bertz CT molecular complexity index is 386. The molecule has 6 heteroatoms. The van der Waals surface area contributed by atoms with Crippen molar-refractivity contribution < 1.29 is 10.2 Å². The van der Waals surface area contributed by atoms with Crippen LogP contribution in [0, 0.1) is 6.92 Å². The van der Waals surface area contributed by atoms with Gasteiger partial charge in [0.05, 0.1) is 6.61 Å². The van der Waals surface area contributed by atoms with Crippen molar-refractivity contribution in [2.75, 3.05) is 18.5 Å². The predicted molar refractivity (Wildman–Crippen MR) is 55.8 cm³/mol. The second kappa shape index (κ2) is 4.41. The molecule has 0 aliphatic heterocycles. The van der Waals surface area contributed by atoms with E-state index in [1.54, 1.807) is 6.92 Å². The third-order valence-corrected chi connectivity index (χ3v) is 1.85. The van der Waals surface area contributed by atoms with Crippen molar-refractivity contribution in [3.05, 3.63) is 22.2 Å². The van der Waals surface area contributed by atoms with E-state index >= 15 is 0 Å². The normalized spacial score (nSPS) is 14.7. The summed E-state index contributed by atoms with van der Waals surface area (Å²) in [7, 11) is 0. The van der Waals surface area contributed by atoms with Gasteiger partial charge in [-0.2, -0.15) is 0 Å². The third-order valence-electron chi connectivity index (χ3n) is 1.85. The number of aromatic amines is 1. The SMILES string of the molecule is Cc1nc(NCC(C)(O)CO)cc(=O)[nH]1. The average molecular weight is 213 g/mol. The van der Waals surface area contributed by atoms with Crippen LogP contribution in [-0.2, 0) is 0 Å². The molecule has 0 aliphatic carbocycles. The van der Waals surface area contributed by atoms with Gasteiger partial charge in [-0.05, 0) is 13.8 Å². The Morgan fingerprint density at radius 1 is 1.67 bits per heavy atom. The zero-order valence-electron chi connectivity index (χ0n) is 8.74. The van der Waals surface area contributed by atoms with E-state index in [0.717, 1.165) is 0 Å². The summed E-state index contributed by atoms with van der Waals surface area (Å²) in [6.07, 6.45) is 0. The van der Waals surface area contributed by atoms with Crippen LogP contribution >= 0.6 is 0 Å². The van der Waals surface area contributed by atoms with Crippen LogP contribution < -0.4 is 10.9 Å². The Balaban J connectivity index is 2.70. The van der Waals surface area contributed by atoms with Gasteiger partial charge in [-0.25, -0.2) is 4.98 Å². The molecule has 4 N–H and O–H groups in total. The van der Waals surface area contributed by atoms with Crippen molar-refractivity contribution in [2.45, 2.75) is 19.4 Å². The van der Waals surface area contributed by atoms with Crippen molar-refractivity contribution in [1.82, 2.24) is 9.97 Å². The molecule has 0 aromatic carbocycles. The van der Waals surface area contributed by atoms with E-state index in [9.17, 15) is 9.90 Å². The number of aliphatic hydroxyl groups is 2. The lowest BCUT2D eigenvalue weighted by Crippen LogP contribution is -2.37. The Kier molecular flexibility index (Phi) is 3.43. The number of anilines is 1. The van der Waals surface area contributed by atoms with Crippen LogP contribution in [0.1, 0.15) is 12.7 Å². The van der Waals surface area contributed by atoms with E-state index in [-0.39, 0.29) is 18.7 Å². The van der Waals surface area contributed by atoms with Crippen LogP contribution in [0.2, 0.25) is 0 Å². The highest BCUT2D eigenvalue weighted by Gasteiger charge is 2.18. The fourth-order valence-corrected chi connectivity index (χ4v) is 1.01. The number of H-pyrrole nitrogens is 1. The van der Waals surface area contributed by atoms with Gasteiger partial charge in [0.1, 0.15) is 17.2 Å². The second-order valence-corrected chi connectivity index (χ2v) is 3.72. The summed E-state index contributed by atoms with van der Waals surface area (Å²) in [6.45, 7) is 2.92. The Labute approximate surface area is 87.0 Å². The van der Waals surface area contributed by atoms with Gasteiger partial charge in [0, 0.05) is 12.6 Å². The van der Waals surface area contributed by atoms with E-state index in [1.165, 1.54) is 13.0 Å². The quantitative estimate of drug-likeness (QED) is 0.526. The van der Waals surface area contributed by atoms with Gasteiger partial charge in [-0.1, -0.05) is 0 Å². The number of hydrogen-bond donors (Lipinski definition) is 4. The molecule has 0 spiro atoms. The minimum atomic E-state index is -1.22. The zero-order valence-corrected chi connectivity index (χ0v) is 8.74. The summed E-state index contributed by atoms with van der Waals surface area (Å²) < 4.78 is 0. The van der Waals surface area contributed by atoms with Crippen LogP contribution in [0.25, 0.3) is 0 Å². The number of aliphatic hydroxyl groups excluding tert-OH is 1. The fraction of sp³-hybridized carbons (Fsp3) is 0.556. The molecule has 6 nitrogen and oxygen atoms in total. The molecule has 1 aromatic rings. The fourth-order valence-electron chi connectivity index (χ4n) is 1.01. The first-order valence-corrected chi connectivity index (χ1v) is 4.58. The first-order valence-electron chi connectivity index (χ1n) is 4.58. The molecule has 0 radical (unpaired) electrons. The number of hydrogen-bond acceptors (Lipinski definition) is 5. The van der Waals surface area contributed by atoms with Crippen LogP contribution in [0.5, 0.6) is 0 Å². The largest absolute Gasteiger partial charge is 0.393 e. The predicted octanol–water partition coefficient (Wildman–Crippen LogP) is -0.766. The van der Waals surface area contributed by atoms with Crippen molar-refractivity contribution >= 4 is 5.82 Å². The molecule has 0 saturated heterocycles. The maximum absolute atomic E-state index is 11.1. The Morgan fingerprint density at radius 2 is 2.33 bits per heavy atom. The molecule has 0 bridgehead atoms. The van der Waals surface area contributed by atoms with Crippen molar-refractivity contribution in [2.24, 2.45) is 0 Å². The molecule has 0 amide bonds. The summed E-state index contributed by atoms with van der Waals surface area (Å²) >= 11 is 0. The minimum Gasteiger partial charge on any atom is -0.393 e. The highest BCUT2D eigenvalue weighted by Crippen LogP contribution is 2.04. The van der Waals surface area contributed by atoms with Gasteiger partial charge in [-0.15, -0.1) is 0 Å². The van der Waals surface area contributed by atoms with E-state index in [2.05, 4.69) is 15.3 Å². The molecule has 1 atom stereocenters. The van der Waals surface area contributed by atoms with Crippen LogP contribution in [-0.4, -0.2) is 38.9 Å². The minimum absolute atomic E-state index is 0.124. The maximum atomic E-state index is 11.1. The van der Waals surface area contributed by atoms with Gasteiger partial charge in [0.25, 0.3) is 5.56 Å². The van der Waals surface area contributed by atoms with Gasteiger partial charge in [-0.3, -0.25) is 4.79 Å². The number of aromatic nitrogens is 2. The maximum Gasteiger partial charge on any atom is 0.252 e. The topological polar surface area (TPSA) is 98.2 Å². The van der Waals surface area contributed by atoms with Crippen LogP contribution in [0.3, 0.4) is 0 Å². The number of rotatable bonds is 4. The van der Waals surface area contributed by atoms with Crippen molar-refractivity contribution in [3.63, 3.8) is 0 Å². The molecule has 1 heterocycles. The van der Waals surface area contributed by atoms with Crippen molar-refractivity contribution in [3.8, 4) is 0 Å². The van der Waals surface area contributed by atoms with Crippen molar-refractivity contribution in [1.29, 1.82) is 0 Å². The van der Waals surface area contributed by atoms with E-state index in [0.29, 0.717) is 11.6 Å². The summed E-state index contributed by atoms with van der Waals surface area (Å²) in [5.74, 6) is 0.874. The molecule has 0 saturated carbocycles. The lowest BCUT2D eigenvalue weighted by Gasteiger charge is -2.20. The second-order valence-electron chi connectivity index (χ2n) is 3.72. The Hall–Kier alpha value is -1.40. The summed E-state index contributed by atoms with van der Waals surface area (Å²) in [5, 5.41) is 21.1. The van der Waals surface area contributed by atoms with Gasteiger partial charge in [0.15, 0.2) is 0 Å². The molecule has 84 valence electrons. The highest BCUT2D eigenvalue weighted by molar-refractivity contribution is 5.33. The van der Waals surface area contributed by atoms with E-state index in [4.69, 9.17) is 5.11 Å². The van der Waals surface area contributed by atoms with Gasteiger partial charge >= 0.3 is 0 Å². The average Bonchev–Trinajstić information content (AvgIpc) is 2.14. The molecule has 0 aliphatic rings.